The van der Waals surface area contributed by atoms with Crippen molar-refractivity contribution in [3.8, 4) is 17.2 Å². The normalized spacial score (nSPS) is 11.9. The fourth-order valence-electron chi connectivity index (χ4n) is 4.15. The highest BCUT2D eigenvalue weighted by atomic mass is 16.7. The number of methoxy groups -OCH3 is 1. The van der Waals surface area contributed by atoms with E-state index in [9.17, 15) is 14.4 Å². The molecule has 0 spiro atoms. The van der Waals surface area contributed by atoms with Gasteiger partial charge in [-0.05, 0) is 42.3 Å². The van der Waals surface area contributed by atoms with Gasteiger partial charge in [-0.15, -0.1) is 0 Å². The van der Waals surface area contributed by atoms with Crippen LogP contribution in [0.25, 0.3) is 10.9 Å². The smallest absolute Gasteiger partial charge is 0.244 e. The van der Waals surface area contributed by atoms with Crippen LogP contribution in [0.4, 0.5) is 5.69 Å². The number of fused-ring (bicyclic) bond motifs is 2. The third kappa shape index (κ3) is 4.40. The summed E-state index contributed by atoms with van der Waals surface area (Å²) in [5.74, 6) is 0.830. The van der Waals surface area contributed by atoms with Crippen molar-refractivity contribution in [2.45, 2.75) is 19.9 Å². The first kappa shape index (κ1) is 23.2. The second-order valence-corrected chi connectivity index (χ2v) is 8.38. The molecule has 0 aliphatic carbocycles. The molecule has 4 aromatic rings. The van der Waals surface area contributed by atoms with Gasteiger partial charge in [-0.1, -0.05) is 31.2 Å². The molecule has 1 aliphatic rings. The molecule has 3 aromatic carbocycles. The SMILES string of the molecule is CCc1ccc(C(=O)c2cn(CC(=O)Nc3ccc(OC)cc3)c3cc4c(cc3c2=O)OCO4)cc1. The van der Waals surface area contributed by atoms with Gasteiger partial charge >= 0.3 is 0 Å². The number of nitrogens with one attached hydrogen (secondary N) is 1. The maximum Gasteiger partial charge on any atom is 0.244 e. The summed E-state index contributed by atoms with van der Waals surface area (Å²) in [7, 11) is 1.57. The Morgan fingerprint density at radius 2 is 1.69 bits per heavy atom. The van der Waals surface area contributed by atoms with Crippen LogP contribution in [0.3, 0.4) is 0 Å². The predicted molar refractivity (Wildman–Crippen MR) is 135 cm³/mol. The molecule has 8 nitrogen and oxygen atoms in total. The summed E-state index contributed by atoms with van der Waals surface area (Å²) in [6.07, 6.45) is 2.28. The number of rotatable bonds is 7. The van der Waals surface area contributed by atoms with E-state index < -0.39 is 11.2 Å². The molecule has 182 valence electrons. The standard InChI is InChI=1S/C28H24N2O6/c1-3-17-4-6-18(7-5-17)27(32)22-14-30(15-26(31)29-19-8-10-20(34-2)11-9-19)23-13-25-24(35-16-36-25)12-21(23)28(22)33/h4-14H,3,15-16H2,1-2H3,(H,29,31). The van der Waals surface area contributed by atoms with Crippen LogP contribution in [0.15, 0.2) is 71.7 Å². The van der Waals surface area contributed by atoms with E-state index in [4.69, 9.17) is 14.2 Å². The van der Waals surface area contributed by atoms with E-state index >= 15 is 0 Å². The first-order chi connectivity index (χ1) is 17.5. The summed E-state index contributed by atoms with van der Waals surface area (Å²) in [6, 6.07) is 17.3. The van der Waals surface area contributed by atoms with Gasteiger partial charge in [0, 0.05) is 23.5 Å². The fraction of sp³-hybridized carbons (Fsp3) is 0.179. The Kier molecular flexibility index (Phi) is 6.16. The molecule has 0 saturated heterocycles. The van der Waals surface area contributed by atoms with E-state index in [1.165, 1.54) is 6.20 Å². The molecular formula is C28H24N2O6. The molecule has 2 heterocycles. The Morgan fingerprint density at radius 3 is 2.36 bits per heavy atom. The summed E-state index contributed by atoms with van der Waals surface area (Å²) in [5.41, 5.74) is 2.09. The van der Waals surface area contributed by atoms with Crippen LogP contribution in [0.2, 0.25) is 0 Å². The van der Waals surface area contributed by atoms with Crippen LogP contribution >= 0.6 is 0 Å². The van der Waals surface area contributed by atoms with Crippen LogP contribution < -0.4 is 25.0 Å². The Labute approximate surface area is 207 Å². The minimum Gasteiger partial charge on any atom is -0.497 e. The van der Waals surface area contributed by atoms with Crippen molar-refractivity contribution < 1.29 is 23.8 Å². The first-order valence-corrected chi connectivity index (χ1v) is 11.5. The van der Waals surface area contributed by atoms with E-state index in [-0.39, 0.29) is 30.2 Å². The van der Waals surface area contributed by atoms with Crippen molar-refractivity contribution in [3.63, 3.8) is 0 Å². The zero-order chi connectivity index (χ0) is 25.2. The van der Waals surface area contributed by atoms with Crippen molar-refractivity contribution in [3.05, 3.63) is 93.8 Å². The summed E-state index contributed by atoms with van der Waals surface area (Å²) in [5, 5.41) is 3.10. The summed E-state index contributed by atoms with van der Waals surface area (Å²) >= 11 is 0. The Morgan fingerprint density at radius 1 is 1.00 bits per heavy atom. The number of amides is 1. The lowest BCUT2D eigenvalue weighted by molar-refractivity contribution is -0.116. The van der Waals surface area contributed by atoms with Crippen LogP contribution in [0.1, 0.15) is 28.4 Å². The van der Waals surface area contributed by atoms with Crippen molar-refractivity contribution >= 4 is 28.3 Å². The topological polar surface area (TPSA) is 95.9 Å². The van der Waals surface area contributed by atoms with Gasteiger partial charge < -0.3 is 24.1 Å². The summed E-state index contributed by atoms with van der Waals surface area (Å²) in [4.78, 5) is 39.7. The summed E-state index contributed by atoms with van der Waals surface area (Å²) in [6.45, 7) is 1.94. The van der Waals surface area contributed by atoms with Gasteiger partial charge in [-0.3, -0.25) is 14.4 Å². The third-order valence-corrected chi connectivity index (χ3v) is 6.13. The van der Waals surface area contributed by atoms with Gasteiger partial charge in [0.1, 0.15) is 12.3 Å². The fourth-order valence-corrected chi connectivity index (χ4v) is 4.15. The molecular weight excluding hydrogens is 460 g/mol. The number of carbonyl (C=O) groups is 2. The number of anilines is 1. The van der Waals surface area contributed by atoms with Gasteiger partial charge in [-0.25, -0.2) is 0 Å². The first-order valence-electron chi connectivity index (χ1n) is 11.5. The van der Waals surface area contributed by atoms with E-state index in [0.29, 0.717) is 34.0 Å². The molecule has 0 bridgehead atoms. The van der Waals surface area contributed by atoms with Gasteiger partial charge in [0.2, 0.25) is 18.1 Å². The Hall–Kier alpha value is -4.59. The van der Waals surface area contributed by atoms with Gasteiger partial charge in [-0.2, -0.15) is 0 Å². The van der Waals surface area contributed by atoms with Gasteiger partial charge in [0.05, 0.1) is 23.6 Å². The monoisotopic (exact) mass is 484 g/mol. The average Bonchev–Trinajstić information content (AvgIpc) is 3.37. The van der Waals surface area contributed by atoms with E-state index in [2.05, 4.69) is 5.32 Å². The lowest BCUT2D eigenvalue weighted by Crippen LogP contribution is -2.24. The average molecular weight is 485 g/mol. The Balaban J connectivity index is 1.55. The molecule has 36 heavy (non-hydrogen) atoms. The molecule has 1 N–H and O–H groups in total. The zero-order valence-electron chi connectivity index (χ0n) is 19.9. The van der Waals surface area contributed by atoms with Crippen molar-refractivity contribution in [1.29, 1.82) is 0 Å². The number of carbonyl (C=O) groups excluding carboxylic acids is 2. The summed E-state index contributed by atoms with van der Waals surface area (Å²) < 4.78 is 17.7. The predicted octanol–water partition coefficient (Wildman–Crippen LogP) is 4.17. The third-order valence-electron chi connectivity index (χ3n) is 6.13. The maximum absolute atomic E-state index is 13.4. The van der Waals surface area contributed by atoms with E-state index in [1.807, 2.05) is 19.1 Å². The number of ether oxygens (including phenoxy) is 3. The minimum atomic E-state index is -0.431. The van der Waals surface area contributed by atoms with Crippen LogP contribution in [0, 0.1) is 0 Å². The number of hydrogen-bond donors (Lipinski definition) is 1. The van der Waals surface area contributed by atoms with Crippen molar-refractivity contribution in [1.82, 2.24) is 4.57 Å². The molecule has 1 amide bonds. The minimum absolute atomic E-state index is 0.0251. The molecule has 0 atom stereocenters. The molecule has 1 aliphatic heterocycles. The molecule has 1 aromatic heterocycles. The maximum atomic E-state index is 13.4. The number of pyridine rings is 1. The molecule has 0 saturated carbocycles. The zero-order valence-corrected chi connectivity index (χ0v) is 19.9. The number of aromatic nitrogens is 1. The van der Waals surface area contributed by atoms with Gasteiger partial charge in [0.25, 0.3) is 0 Å². The number of aryl methyl sites for hydroxylation is 1. The van der Waals surface area contributed by atoms with E-state index in [1.54, 1.807) is 60.2 Å². The van der Waals surface area contributed by atoms with Crippen LogP contribution in [-0.4, -0.2) is 30.2 Å². The lowest BCUT2D eigenvalue weighted by Gasteiger charge is -2.14. The molecule has 0 unspecified atom stereocenters. The number of nitrogens with zero attached hydrogens (tertiary/aromatic N) is 1. The van der Waals surface area contributed by atoms with Crippen LogP contribution in [0.5, 0.6) is 17.2 Å². The largest absolute Gasteiger partial charge is 0.497 e. The Bertz CT molecular complexity index is 1520. The highest BCUT2D eigenvalue weighted by Crippen LogP contribution is 2.35. The quantitative estimate of drug-likeness (QED) is 0.396. The number of hydrogen-bond acceptors (Lipinski definition) is 6. The second kappa shape index (κ2) is 9.58. The molecule has 8 heteroatoms. The molecule has 0 radical (unpaired) electrons. The van der Waals surface area contributed by atoms with Crippen LogP contribution in [-0.2, 0) is 17.8 Å². The molecule has 5 rings (SSSR count). The number of ketones is 1. The second-order valence-electron chi connectivity index (χ2n) is 8.38. The van der Waals surface area contributed by atoms with Crippen molar-refractivity contribution in [2.24, 2.45) is 0 Å². The van der Waals surface area contributed by atoms with Gasteiger partial charge in [0.15, 0.2) is 17.3 Å². The number of benzene rings is 3. The van der Waals surface area contributed by atoms with Crippen molar-refractivity contribution in [2.75, 3.05) is 19.2 Å². The lowest BCUT2D eigenvalue weighted by atomic mass is 10.0. The molecule has 0 fully saturated rings. The highest BCUT2D eigenvalue weighted by Gasteiger charge is 2.22. The highest BCUT2D eigenvalue weighted by molar-refractivity contribution is 6.10. The van der Waals surface area contributed by atoms with E-state index in [0.717, 1.165) is 12.0 Å².